The predicted molar refractivity (Wildman–Crippen MR) is 84.2 cm³/mol. The molecule has 2 rings (SSSR count). The van der Waals surface area contributed by atoms with Gasteiger partial charge in [0.2, 0.25) is 11.8 Å². The van der Waals surface area contributed by atoms with Crippen LogP contribution in [0.5, 0.6) is 0 Å². The molecule has 0 aliphatic carbocycles. The smallest absolute Gasteiger partial charge is 0.225 e. The van der Waals surface area contributed by atoms with Crippen molar-refractivity contribution < 1.29 is 14.3 Å². The number of amides is 2. The van der Waals surface area contributed by atoms with Crippen LogP contribution in [0, 0.1) is 0 Å². The molecule has 1 saturated heterocycles. The lowest BCUT2D eigenvalue weighted by molar-refractivity contribution is -0.143. The Morgan fingerprint density at radius 1 is 1.23 bits per heavy atom. The molecule has 3 atom stereocenters. The predicted octanol–water partition coefficient (Wildman–Crippen LogP) is 1.89. The first kappa shape index (κ1) is 16.5. The lowest BCUT2D eigenvalue weighted by atomic mass is 10.0. The Morgan fingerprint density at radius 2 is 1.82 bits per heavy atom. The first-order chi connectivity index (χ1) is 10.5. The van der Waals surface area contributed by atoms with E-state index >= 15 is 0 Å². The third kappa shape index (κ3) is 4.56. The molecule has 5 nitrogen and oxygen atoms in total. The molecule has 0 aromatic heterocycles. The summed E-state index contributed by atoms with van der Waals surface area (Å²) in [5.74, 6) is -0.0880. The minimum Gasteiger partial charge on any atom is -0.372 e. The van der Waals surface area contributed by atoms with Crippen molar-refractivity contribution in [2.75, 3.05) is 13.1 Å². The molecule has 1 aliphatic rings. The maximum atomic E-state index is 12.6. The van der Waals surface area contributed by atoms with Crippen molar-refractivity contribution in [3.63, 3.8) is 0 Å². The van der Waals surface area contributed by atoms with Gasteiger partial charge in [-0.1, -0.05) is 30.3 Å². The summed E-state index contributed by atoms with van der Waals surface area (Å²) in [7, 11) is 0. The van der Waals surface area contributed by atoms with Gasteiger partial charge in [-0.15, -0.1) is 0 Å². The zero-order chi connectivity index (χ0) is 16.1. The van der Waals surface area contributed by atoms with Gasteiger partial charge in [0.05, 0.1) is 24.7 Å². The van der Waals surface area contributed by atoms with Crippen LogP contribution < -0.4 is 5.32 Å². The third-order valence-electron chi connectivity index (χ3n) is 3.73. The summed E-state index contributed by atoms with van der Waals surface area (Å²) < 4.78 is 5.66. The molecular weight excluding hydrogens is 280 g/mol. The van der Waals surface area contributed by atoms with Gasteiger partial charge in [-0.25, -0.2) is 0 Å². The molecule has 2 amide bonds. The second-order valence-corrected chi connectivity index (χ2v) is 5.92. The van der Waals surface area contributed by atoms with Crippen molar-refractivity contribution in [1.82, 2.24) is 10.2 Å². The van der Waals surface area contributed by atoms with Crippen molar-refractivity contribution in [3.8, 4) is 0 Å². The molecule has 0 saturated carbocycles. The van der Waals surface area contributed by atoms with Gasteiger partial charge >= 0.3 is 0 Å². The minimum atomic E-state index is -0.292. The van der Waals surface area contributed by atoms with E-state index in [4.69, 9.17) is 4.74 Å². The van der Waals surface area contributed by atoms with Gasteiger partial charge in [0, 0.05) is 20.0 Å². The number of carbonyl (C=O) groups excluding carboxylic acids is 2. The summed E-state index contributed by atoms with van der Waals surface area (Å²) in [6.07, 6.45) is 0.357. The van der Waals surface area contributed by atoms with Crippen LogP contribution in [0.1, 0.15) is 38.8 Å². The first-order valence-electron chi connectivity index (χ1n) is 7.71. The number of nitrogens with zero attached hydrogens (tertiary/aromatic N) is 1. The van der Waals surface area contributed by atoms with E-state index in [9.17, 15) is 9.59 Å². The van der Waals surface area contributed by atoms with Gasteiger partial charge in [0.15, 0.2) is 0 Å². The Balaban J connectivity index is 2.06. The summed E-state index contributed by atoms with van der Waals surface area (Å²) in [6, 6.07) is 9.30. The largest absolute Gasteiger partial charge is 0.372 e. The Bertz CT molecular complexity index is 508. The minimum absolute atomic E-state index is 0.0450. The summed E-state index contributed by atoms with van der Waals surface area (Å²) in [6.45, 7) is 6.62. The average Bonchev–Trinajstić information content (AvgIpc) is 2.46. The number of hydrogen-bond acceptors (Lipinski definition) is 3. The number of hydrogen-bond donors (Lipinski definition) is 1. The molecule has 22 heavy (non-hydrogen) atoms. The topological polar surface area (TPSA) is 58.6 Å². The fourth-order valence-corrected chi connectivity index (χ4v) is 2.87. The number of morpholine rings is 1. The Kier molecular flexibility index (Phi) is 5.55. The second-order valence-electron chi connectivity index (χ2n) is 5.92. The molecule has 1 N–H and O–H groups in total. The molecule has 1 heterocycles. The van der Waals surface area contributed by atoms with E-state index in [-0.39, 0.29) is 36.5 Å². The highest BCUT2D eigenvalue weighted by Crippen LogP contribution is 2.20. The summed E-state index contributed by atoms with van der Waals surface area (Å²) in [4.78, 5) is 25.8. The molecular formula is C17H24N2O3. The monoisotopic (exact) mass is 304 g/mol. The van der Waals surface area contributed by atoms with Gasteiger partial charge in [-0.2, -0.15) is 0 Å². The van der Waals surface area contributed by atoms with Crippen molar-refractivity contribution in [2.45, 2.75) is 45.4 Å². The Labute approximate surface area is 131 Å². The van der Waals surface area contributed by atoms with Crippen LogP contribution in [0.25, 0.3) is 0 Å². The maximum absolute atomic E-state index is 12.6. The van der Waals surface area contributed by atoms with Gasteiger partial charge < -0.3 is 15.0 Å². The van der Waals surface area contributed by atoms with Crippen LogP contribution in [0.2, 0.25) is 0 Å². The van der Waals surface area contributed by atoms with Gasteiger partial charge in [0.1, 0.15) is 0 Å². The van der Waals surface area contributed by atoms with Crippen LogP contribution >= 0.6 is 0 Å². The zero-order valence-electron chi connectivity index (χ0n) is 13.4. The zero-order valence-corrected chi connectivity index (χ0v) is 13.4. The second kappa shape index (κ2) is 7.40. The van der Waals surface area contributed by atoms with E-state index in [0.29, 0.717) is 13.1 Å². The molecule has 5 heteroatoms. The van der Waals surface area contributed by atoms with E-state index in [0.717, 1.165) is 5.56 Å². The van der Waals surface area contributed by atoms with E-state index in [2.05, 4.69) is 5.32 Å². The number of ether oxygens (including phenoxy) is 1. The van der Waals surface area contributed by atoms with E-state index in [1.807, 2.05) is 49.1 Å². The van der Waals surface area contributed by atoms with Gasteiger partial charge in [-0.05, 0) is 19.4 Å². The lowest BCUT2D eigenvalue weighted by Crippen LogP contribution is -2.49. The summed E-state index contributed by atoms with van der Waals surface area (Å²) in [5.41, 5.74) is 0.945. The van der Waals surface area contributed by atoms with Crippen LogP contribution in [0.3, 0.4) is 0 Å². The quantitative estimate of drug-likeness (QED) is 0.924. The molecule has 0 spiro atoms. The molecule has 1 aromatic rings. The van der Waals surface area contributed by atoms with Crippen molar-refractivity contribution in [2.24, 2.45) is 0 Å². The van der Waals surface area contributed by atoms with Crippen molar-refractivity contribution in [1.29, 1.82) is 0 Å². The lowest BCUT2D eigenvalue weighted by Gasteiger charge is -2.36. The van der Waals surface area contributed by atoms with E-state index in [1.54, 1.807) is 0 Å². The highest BCUT2D eigenvalue weighted by Gasteiger charge is 2.28. The normalized spacial score (nSPS) is 23.0. The SMILES string of the molecule is CC(=O)N[C@H](CC(=O)N1C[C@H](C)O[C@@H](C)C1)c1ccccc1. The highest BCUT2D eigenvalue weighted by molar-refractivity contribution is 5.79. The number of rotatable bonds is 4. The summed E-state index contributed by atoms with van der Waals surface area (Å²) in [5, 5.41) is 2.87. The van der Waals surface area contributed by atoms with Crippen LogP contribution in [-0.4, -0.2) is 42.0 Å². The fourth-order valence-electron chi connectivity index (χ4n) is 2.87. The van der Waals surface area contributed by atoms with Gasteiger partial charge in [0.25, 0.3) is 0 Å². The molecule has 120 valence electrons. The third-order valence-corrected chi connectivity index (χ3v) is 3.73. The fraction of sp³-hybridized carbons (Fsp3) is 0.529. The molecule has 1 aromatic carbocycles. The number of benzene rings is 1. The first-order valence-corrected chi connectivity index (χ1v) is 7.71. The standard InChI is InChI=1S/C17H24N2O3/c1-12-10-19(11-13(2)22-12)17(21)9-16(18-14(3)20)15-7-5-4-6-8-15/h4-8,12-13,16H,9-11H2,1-3H3,(H,18,20)/t12-,13-,16+/m0/s1. The average molecular weight is 304 g/mol. The van der Waals surface area contributed by atoms with Crippen LogP contribution in [-0.2, 0) is 14.3 Å². The molecule has 0 bridgehead atoms. The van der Waals surface area contributed by atoms with Crippen LogP contribution in [0.4, 0.5) is 0 Å². The molecule has 1 aliphatic heterocycles. The van der Waals surface area contributed by atoms with E-state index < -0.39 is 0 Å². The number of carbonyl (C=O) groups is 2. The molecule has 0 radical (unpaired) electrons. The highest BCUT2D eigenvalue weighted by atomic mass is 16.5. The number of nitrogens with one attached hydrogen (secondary N) is 1. The Hall–Kier alpha value is -1.88. The van der Waals surface area contributed by atoms with Crippen molar-refractivity contribution >= 4 is 11.8 Å². The van der Waals surface area contributed by atoms with Crippen LogP contribution in [0.15, 0.2) is 30.3 Å². The van der Waals surface area contributed by atoms with Gasteiger partial charge in [-0.3, -0.25) is 9.59 Å². The molecule has 0 unspecified atom stereocenters. The van der Waals surface area contributed by atoms with E-state index in [1.165, 1.54) is 6.92 Å². The van der Waals surface area contributed by atoms with Crippen molar-refractivity contribution in [3.05, 3.63) is 35.9 Å². The maximum Gasteiger partial charge on any atom is 0.225 e. The summed E-state index contributed by atoms with van der Waals surface area (Å²) >= 11 is 0. The Morgan fingerprint density at radius 3 is 2.36 bits per heavy atom. The molecule has 1 fully saturated rings.